The van der Waals surface area contributed by atoms with Gasteiger partial charge in [-0.1, -0.05) is 18.2 Å². The Kier molecular flexibility index (Phi) is 3.21. The lowest BCUT2D eigenvalue weighted by atomic mass is 10.3. The summed E-state index contributed by atoms with van der Waals surface area (Å²) in [7, 11) is 0. The van der Waals surface area contributed by atoms with Crippen molar-refractivity contribution in [3.05, 3.63) is 52.6 Å². The molecule has 2 aromatic heterocycles. The molecular weight excluding hydrogens is 268 g/mol. The minimum Gasteiger partial charge on any atom is -0.386 e. The first-order chi connectivity index (χ1) is 10.1. The molecule has 2 heterocycles. The van der Waals surface area contributed by atoms with E-state index in [1.165, 1.54) is 4.68 Å². The summed E-state index contributed by atoms with van der Waals surface area (Å²) in [4.78, 5) is 11.7. The average Bonchev–Trinajstić information content (AvgIpc) is 3.03. The summed E-state index contributed by atoms with van der Waals surface area (Å²) in [5, 5.41) is 8.61. The molecule has 0 fully saturated rings. The van der Waals surface area contributed by atoms with Gasteiger partial charge >= 0.3 is 5.76 Å². The van der Waals surface area contributed by atoms with E-state index in [2.05, 4.69) is 16.4 Å². The molecule has 0 spiro atoms. The molecule has 1 aromatic carbocycles. The van der Waals surface area contributed by atoms with Crippen molar-refractivity contribution in [1.29, 1.82) is 0 Å². The van der Waals surface area contributed by atoms with E-state index in [1.54, 1.807) is 4.68 Å². The van der Waals surface area contributed by atoms with E-state index in [-0.39, 0.29) is 11.9 Å². The summed E-state index contributed by atoms with van der Waals surface area (Å²) in [6.45, 7) is 5.60. The SMILES string of the molecule is Cc1[c]n(-c2ccccc2)nc1-c1nn(C(C)C)c(=O)o1. The van der Waals surface area contributed by atoms with Gasteiger partial charge in [-0.05, 0) is 32.9 Å². The largest absolute Gasteiger partial charge is 0.437 e. The van der Waals surface area contributed by atoms with Crippen LogP contribution in [0.4, 0.5) is 0 Å². The lowest BCUT2D eigenvalue weighted by molar-refractivity contribution is 0.449. The number of hydrogen-bond donors (Lipinski definition) is 0. The molecule has 6 heteroatoms. The minimum absolute atomic E-state index is 0.0597. The minimum atomic E-state index is -0.478. The van der Waals surface area contributed by atoms with Crippen LogP contribution in [0, 0.1) is 13.1 Å². The third kappa shape index (κ3) is 2.40. The zero-order chi connectivity index (χ0) is 15.0. The molecule has 6 nitrogen and oxygen atoms in total. The van der Waals surface area contributed by atoms with Gasteiger partial charge in [0.05, 0.1) is 17.9 Å². The number of aromatic nitrogens is 4. The van der Waals surface area contributed by atoms with Crippen molar-refractivity contribution in [3.8, 4) is 17.3 Å². The first-order valence-electron chi connectivity index (χ1n) is 6.70. The van der Waals surface area contributed by atoms with Gasteiger partial charge < -0.3 is 4.42 Å². The molecule has 107 valence electrons. The van der Waals surface area contributed by atoms with Crippen LogP contribution < -0.4 is 5.76 Å². The van der Waals surface area contributed by atoms with Crippen LogP contribution in [0.2, 0.25) is 0 Å². The summed E-state index contributed by atoms with van der Waals surface area (Å²) in [5.74, 6) is -0.259. The second-order valence-corrected chi connectivity index (χ2v) is 5.04. The molecule has 0 saturated heterocycles. The van der Waals surface area contributed by atoms with Crippen molar-refractivity contribution in [3.63, 3.8) is 0 Å². The van der Waals surface area contributed by atoms with Gasteiger partial charge in [0.2, 0.25) is 0 Å². The third-order valence-electron chi connectivity index (χ3n) is 3.09. The van der Waals surface area contributed by atoms with Crippen molar-refractivity contribution in [2.75, 3.05) is 0 Å². The number of aryl methyl sites for hydroxylation is 1. The van der Waals surface area contributed by atoms with Gasteiger partial charge in [-0.3, -0.25) is 0 Å². The fourth-order valence-corrected chi connectivity index (χ4v) is 2.02. The Morgan fingerprint density at radius 2 is 1.90 bits per heavy atom. The summed E-state index contributed by atoms with van der Waals surface area (Å²) >= 11 is 0. The fraction of sp³-hybridized carbons (Fsp3) is 0.267. The summed E-state index contributed by atoms with van der Waals surface area (Å²) < 4.78 is 8.12. The number of para-hydroxylation sites is 1. The summed E-state index contributed by atoms with van der Waals surface area (Å²) in [6.07, 6.45) is 3.11. The smallest absolute Gasteiger partial charge is 0.386 e. The van der Waals surface area contributed by atoms with Crippen molar-refractivity contribution in [2.24, 2.45) is 0 Å². The first-order valence-corrected chi connectivity index (χ1v) is 6.70. The van der Waals surface area contributed by atoms with Gasteiger partial charge in [-0.25, -0.2) is 9.48 Å². The van der Waals surface area contributed by atoms with Crippen LogP contribution in [-0.4, -0.2) is 19.6 Å². The number of hydrogen-bond acceptors (Lipinski definition) is 4. The predicted octanol–water partition coefficient (Wildman–Crippen LogP) is 2.38. The van der Waals surface area contributed by atoms with Gasteiger partial charge in [0.15, 0.2) is 5.69 Å². The predicted molar refractivity (Wildman–Crippen MR) is 77.3 cm³/mol. The Hall–Kier alpha value is -2.63. The molecule has 3 aromatic rings. The molecule has 0 saturated carbocycles. The van der Waals surface area contributed by atoms with Crippen molar-refractivity contribution in [1.82, 2.24) is 19.6 Å². The fourth-order valence-electron chi connectivity index (χ4n) is 2.02. The zero-order valence-corrected chi connectivity index (χ0v) is 12.1. The van der Waals surface area contributed by atoms with Crippen LogP contribution in [0.15, 0.2) is 39.5 Å². The highest BCUT2D eigenvalue weighted by Gasteiger charge is 2.18. The van der Waals surface area contributed by atoms with Crippen LogP contribution in [0.3, 0.4) is 0 Å². The van der Waals surface area contributed by atoms with E-state index in [0.29, 0.717) is 5.69 Å². The Morgan fingerprint density at radius 1 is 1.19 bits per heavy atom. The van der Waals surface area contributed by atoms with Crippen LogP contribution in [0.25, 0.3) is 17.3 Å². The highest BCUT2D eigenvalue weighted by molar-refractivity contribution is 5.51. The molecule has 0 bridgehead atoms. The van der Waals surface area contributed by atoms with Gasteiger partial charge in [0.25, 0.3) is 5.89 Å². The second-order valence-electron chi connectivity index (χ2n) is 5.04. The van der Waals surface area contributed by atoms with Crippen LogP contribution in [-0.2, 0) is 0 Å². The monoisotopic (exact) mass is 283 g/mol. The van der Waals surface area contributed by atoms with Gasteiger partial charge in [-0.15, -0.1) is 5.10 Å². The number of benzene rings is 1. The van der Waals surface area contributed by atoms with Crippen LogP contribution >= 0.6 is 0 Å². The average molecular weight is 283 g/mol. The quantitative estimate of drug-likeness (QED) is 0.740. The van der Waals surface area contributed by atoms with Crippen molar-refractivity contribution in [2.45, 2.75) is 26.8 Å². The molecule has 0 atom stereocenters. The zero-order valence-electron chi connectivity index (χ0n) is 12.1. The molecule has 0 aliphatic heterocycles. The normalized spacial score (nSPS) is 11.2. The van der Waals surface area contributed by atoms with Crippen LogP contribution in [0.5, 0.6) is 0 Å². The molecule has 0 aliphatic rings. The standard InChI is InChI=1S/C15H15N4O2/c1-10(2)19-15(20)21-14(17-19)13-11(3)9-18(16-13)12-7-5-4-6-8-12/h4-8,10H,1-3H3. The van der Waals surface area contributed by atoms with E-state index in [0.717, 1.165) is 11.3 Å². The second kappa shape index (κ2) is 5.05. The highest BCUT2D eigenvalue weighted by atomic mass is 16.4. The topological polar surface area (TPSA) is 65.8 Å². The van der Waals surface area contributed by atoms with Crippen molar-refractivity contribution < 1.29 is 4.42 Å². The van der Waals surface area contributed by atoms with E-state index in [1.807, 2.05) is 51.1 Å². The molecule has 1 radical (unpaired) electrons. The first kappa shape index (κ1) is 13.4. The molecule has 3 rings (SSSR count). The van der Waals surface area contributed by atoms with E-state index in [4.69, 9.17) is 4.42 Å². The number of rotatable bonds is 3. The maximum absolute atomic E-state index is 11.7. The maximum atomic E-state index is 11.7. The van der Waals surface area contributed by atoms with Gasteiger partial charge in [0.1, 0.15) is 0 Å². The molecule has 0 aliphatic carbocycles. The molecule has 0 amide bonds. The Bertz CT molecular complexity index is 812. The molecule has 0 unspecified atom stereocenters. The van der Waals surface area contributed by atoms with E-state index < -0.39 is 5.76 Å². The maximum Gasteiger partial charge on any atom is 0.437 e. The Morgan fingerprint density at radius 3 is 2.52 bits per heavy atom. The highest BCUT2D eigenvalue weighted by Crippen LogP contribution is 2.20. The Balaban J connectivity index is 2.06. The van der Waals surface area contributed by atoms with Crippen LogP contribution in [0.1, 0.15) is 25.5 Å². The third-order valence-corrected chi connectivity index (χ3v) is 3.09. The summed E-state index contributed by atoms with van der Waals surface area (Å²) in [5.41, 5.74) is 2.18. The van der Waals surface area contributed by atoms with Gasteiger partial charge in [-0.2, -0.15) is 9.78 Å². The lowest BCUT2D eigenvalue weighted by Gasteiger charge is -1.99. The van der Waals surface area contributed by atoms with E-state index >= 15 is 0 Å². The molecule has 0 N–H and O–H groups in total. The lowest BCUT2D eigenvalue weighted by Crippen LogP contribution is -2.17. The molecule has 21 heavy (non-hydrogen) atoms. The van der Waals surface area contributed by atoms with Crippen molar-refractivity contribution >= 4 is 0 Å². The van der Waals surface area contributed by atoms with E-state index in [9.17, 15) is 4.79 Å². The summed E-state index contributed by atoms with van der Waals surface area (Å²) in [6, 6.07) is 9.58. The molecular formula is C15H15N4O2. The Labute approximate surface area is 121 Å². The number of nitrogens with zero attached hydrogens (tertiary/aromatic N) is 4. The van der Waals surface area contributed by atoms with Gasteiger partial charge in [0, 0.05) is 5.56 Å².